The minimum absolute atomic E-state index is 0.0211. The van der Waals surface area contributed by atoms with Crippen LogP contribution >= 0.6 is 7.82 Å². The number of aryl methyl sites for hydroxylation is 1. The second-order valence-electron chi connectivity index (χ2n) is 11.3. The molecular formula is C31H46O7P-. The molecule has 1 aromatic carbocycles. The molecule has 1 saturated carbocycles. The molecule has 218 valence electrons. The number of carbonyl (C=O) groups is 1. The van der Waals surface area contributed by atoms with Crippen molar-refractivity contribution in [3.8, 4) is 11.5 Å². The molecule has 0 saturated heterocycles. The molecule has 1 N–H and O–H groups in total. The van der Waals surface area contributed by atoms with Gasteiger partial charge in [0.05, 0.1) is 6.61 Å². The lowest BCUT2D eigenvalue weighted by Gasteiger charge is -2.42. The van der Waals surface area contributed by atoms with E-state index >= 15 is 0 Å². The van der Waals surface area contributed by atoms with Gasteiger partial charge in [0.15, 0.2) is 5.60 Å². The number of allylic oxidation sites excluding steroid dienone is 3. The van der Waals surface area contributed by atoms with E-state index in [9.17, 15) is 19.4 Å². The van der Waals surface area contributed by atoms with E-state index in [-0.39, 0.29) is 42.8 Å². The quantitative estimate of drug-likeness (QED) is 0.0770. The monoisotopic (exact) mass is 561 g/mol. The van der Waals surface area contributed by atoms with Crippen molar-refractivity contribution >= 4 is 13.8 Å². The number of phenolic OH excluding ortho intramolecular Hbond substituents is 1. The highest BCUT2D eigenvalue weighted by molar-refractivity contribution is 7.46. The van der Waals surface area contributed by atoms with Gasteiger partial charge < -0.3 is 19.3 Å². The number of unbranched alkanes of at least 4 members (excludes halogenated alkanes) is 4. The number of hydrogen-bond donors (Lipinski definition) is 1. The SMILES string of the molecule is C=C(C)[C@@H]1CCC(C)=C[C@H]1c1c(O)cc(CCCCC)cc1OC(=O)C1(OP(=O)([O-])OCCCCC)CCC1. The summed E-state index contributed by atoms with van der Waals surface area (Å²) in [4.78, 5) is 26.2. The van der Waals surface area contributed by atoms with E-state index < -0.39 is 19.4 Å². The van der Waals surface area contributed by atoms with E-state index in [4.69, 9.17) is 13.8 Å². The normalized spacial score (nSPS) is 21.9. The molecule has 0 aliphatic heterocycles. The molecule has 0 aromatic heterocycles. The number of rotatable bonds is 15. The van der Waals surface area contributed by atoms with Crippen molar-refractivity contribution in [1.29, 1.82) is 0 Å². The Morgan fingerprint density at radius 1 is 1.18 bits per heavy atom. The molecule has 3 rings (SSSR count). The summed E-state index contributed by atoms with van der Waals surface area (Å²) in [5.41, 5.74) is 1.99. The Morgan fingerprint density at radius 2 is 1.87 bits per heavy atom. The van der Waals surface area contributed by atoms with E-state index in [1.807, 2.05) is 19.9 Å². The van der Waals surface area contributed by atoms with Gasteiger partial charge in [-0.05, 0) is 88.8 Å². The number of esters is 1. The van der Waals surface area contributed by atoms with Crippen molar-refractivity contribution in [3.05, 3.63) is 47.1 Å². The second kappa shape index (κ2) is 14.1. The van der Waals surface area contributed by atoms with Gasteiger partial charge in [0, 0.05) is 11.5 Å². The molecule has 2 aliphatic rings. The zero-order chi connectivity index (χ0) is 28.6. The Labute approximate surface area is 234 Å². The first-order valence-electron chi connectivity index (χ1n) is 14.6. The molecule has 0 bridgehead atoms. The standard InChI is InChI=1S/C31H47O7P/c1-6-8-10-13-24-20-27(32)29(26-19-23(5)14-15-25(26)22(3)4)28(21-24)37-30(33)31(16-12-17-31)38-39(34,35)36-18-11-9-7-2/h19-21,25-26,32H,3,6-18H2,1-2,4-5H3,(H,34,35)/p-1/t25-,26+/m0/s1. The Balaban J connectivity index is 1.93. The zero-order valence-corrected chi connectivity index (χ0v) is 25.0. The van der Waals surface area contributed by atoms with Crippen molar-refractivity contribution in [2.24, 2.45) is 5.92 Å². The van der Waals surface area contributed by atoms with Gasteiger partial charge in [-0.25, -0.2) is 4.79 Å². The van der Waals surface area contributed by atoms with Crippen molar-refractivity contribution < 1.29 is 33.1 Å². The maximum Gasteiger partial charge on any atom is 0.344 e. The van der Waals surface area contributed by atoms with Crippen LogP contribution in [0.2, 0.25) is 0 Å². The molecule has 1 unspecified atom stereocenters. The summed E-state index contributed by atoms with van der Waals surface area (Å²) in [6, 6.07) is 3.58. The number of carbonyl (C=O) groups excluding carboxylic acids is 1. The lowest BCUT2D eigenvalue weighted by Crippen LogP contribution is -2.50. The molecule has 0 spiro atoms. The average Bonchev–Trinajstić information content (AvgIpc) is 2.84. The van der Waals surface area contributed by atoms with Gasteiger partial charge in [0.2, 0.25) is 0 Å². The van der Waals surface area contributed by atoms with Gasteiger partial charge in [-0.1, -0.05) is 63.3 Å². The van der Waals surface area contributed by atoms with Crippen LogP contribution in [0.4, 0.5) is 0 Å². The Morgan fingerprint density at radius 3 is 2.49 bits per heavy atom. The number of phosphoric ester groups is 1. The van der Waals surface area contributed by atoms with Crippen LogP contribution in [-0.2, 0) is 24.8 Å². The van der Waals surface area contributed by atoms with Crippen LogP contribution in [0.3, 0.4) is 0 Å². The number of phosphoric acid groups is 1. The van der Waals surface area contributed by atoms with Crippen LogP contribution in [0.1, 0.15) is 115 Å². The van der Waals surface area contributed by atoms with Crippen molar-refractivity contribution in [2.75, 3.05) is 6.61 Å². The van der Waals surface area contributed by atoms with E-state index in [0.29, 0.717) is 18.4 Å². The van der Waals surface area contributed by atoms with Gasteiger partial charge >= 0.3 is 5.97 Å². The molecule has 0 amide bonds. The highest BCUT2D eigenvalue weighted by atomic mass is 31.2. The molecule has 1 fully saturated rings. The lowest BCUT2D eigenvalue weighted by atomic mass is 9.73. The van der Waals surface area contributed by atoms with Crippen LogP contribution in [0.15, 0.2) is 35.9 Å². The minimum atomic E-state index is -4.71. The smallest absolute Gasteiger partial charge is 0.344 e. The first-order valence-corrected chi connectivity index (χ1v) is 16.0. The Kier molecular flexibility index (Phi) is 11.4. The van der Waals surface area contributed by atoms with Gasteiger partial charge in [-0.3, -0.25) is 9.09 Å². The molecule has 7 nitrogen and oxygen atoms in total. The van der Waals surface area contributed by atoms with Crippen LogP contribution in [0.25, 0.3) is 0 Å². The first-order chi connectivity index (χ1) is 18.5. The summed E-state index contributed by atoms with van der Waals surface area (Å²) in [5.74, 6) is -0.568. The van der Waals surface area contributed by atoms with Crippen molar-refractivity contribution in [1.82, 2.24) is 0 Å². The van der Waals surface area contributed by atoms with Gasteiger partial charge in [-0.15, -0.1) is 0 Å². The molecule has 2 aliphatic carbocycles. The van der Waals surface area contributed by atoms with Crippen LogP contribution in [0, 0.1) is 5.92 Å². The summed E-state index contributed by atoms with van der Waals surface area (Å²) < 4.78 is 29.0. The summed E-state index contributed by atoms with van der Waals surface area (Å²) in [5, 5.41) is 11.3. The largest absolute Gasteiger partial charge is 0.756 e. The van der Waals surface area contributed by atoms with Gasteiger partial charge in [-0.2, -0.15) is 0 Å². The molecule has 39 heavy (non-hydrogen) atoms. The van der Waals surface area contributed by atoms with Crippen LogP contribution in [-0.4, -0.2) is 23.3 Å². The van der Waals surface area contributed by atoms with Crippen LogP contribution in [0.5, 0.6) is 11.5 Å². The highest BCUT2D eigenvalue weighted by Gasteiger charge is 2.50. The predicted octanol–water partition coefficient (Wildman–Crippen LogP) is 7.66. The van der Waals surface area contributed by atoms with E-state index in [1.165, 1.54) is 5.57 Å². The maximum absolute atomic E-state index is 13.6. The third kappa shape index (κ3) is 8.29. The van der Waals surface area contributed by atoms with Crippen LogP contribution < -0.4 is 9.63 Å². The Hall–Kier alpha value is -1.92. The zero-order valence-electron chi connectivity index (χ0n) is 24.1. The van der Waals surface area contributed by atoms with Gasteiger partial charge in [0.25, 0.3) is 7.82 Å². The lowest BCUT2D eigenvalue weighted by molar-refractivity contribution is -0.243. The van der Waals surface area contributed by atoms with E-state index in [0.717, 1.165) is 62.5 Å². The van der Waals surface area contributed by atoms with Crippen molar-refractivity contribution in [3.63, 3.8) is 0 Å². The number of aromatic hydroxyl groups is 1. The topological polar surface area (TPSA) is 105 Å². The van der Waals surface area contributed by atoms with Gasteiger partial charge in [0.1, 0.15) is 11.5 Å². The Bertz CT molecular complexity index is 1090. The number of benzene rings is 1. The summed E-state index contributed by atoms with van der Waals surface area (Å²) in [6.45, 7) is 12.4. The molecule has 0 heterocycles. The highest BCUT2D eigenvalue weighted by Crippen LogP contribution is 2.52. The predicted molar refractivity (Wildman–Crippen MR) is 152 cm³/mol. The summed E-state index contributed by atoms with van der Waals surface area (Å²) >= 11 is 0. The third-order valence-corrected chi connectivity index (χ3v) is 9.05. The summed E-state index contributed by atoms with van der Waals surface area (Å²) in [7, 11) is -4.71. The number of ether oxygens (including phenoxy) is 1. The van der Waals surface area contributed by atoms with E-state index in [1.54, 1.807) is 6.07 Å². The second-order valence-corrected chi connectivity index (χ2v) is 12.7. The molecular weight excluding hydrogens is 515 g/mol. The fourth-order valence-electron chi connectivity index (χ4n) is 5.51. The average molecular weight is 562 g/mol. The number of phenols is 1. The maximum atomic E-state index is 13.6. The molecule has 3 atom stereocenters. The molecule has 8 heteroatoms. The minimum Gasteiger partial charge on any atom is -0.756 e. The molecule has 1 aromatic rings. The summed E-state index contributed by atoms with van der Waals surface area (Å²) in [6.07, 6.45) is 11.2. The molecule has 0 radical (unpaired) electrons. The fraction of sp³-hybridized carbons (Fsp3) is 0.645. The third-order valence-electron chi connectivity index (χ3n) is 7.98. The van der Waals surface area contributed by atoms with E-state index in [2.05, 4.69) is 26.5 Å². The number of hydrogen-bond acceptors (Lipinski definition) is 7. The first kappa shape index (κ1) is 31.6. The van der Waals surface area contributed by atoms with Crippen molar-refractivity contribution in [2.45, 2.75) is 116 Å². The fourth-order valence-corrected chi connectivity index (χ4v) is 6.60.